The van der Waals surface area contributed by atoms with Crippen molar-refractivity contribution in [1.29, 1.82) is 0 Å². The van der Waals surface area contributed by atoms with Gasteiger partial charge in [-0.2, -0.15) is 0 Å². The molecule has 0 fully saturated rings. The standard InChI is InChI=1S/C14H18ClNO/c1-13(2,3)17-14(15)10-9-11-7-5-6-8-12(11)16(14)4/h5-10H,1-4H3. The predicted octanol–water partition coefficient (Wildman–Crippen LogP) is 3.86. The van der Waals surface area contributed by atoms with Gasteiger partial charge in [-0.15, -0.1) is 0 Å². The number of likely N-dealkylation sites (N-methyl/N-ethyl adjacent to an activating group) is 1. The zero-order valence-electron chi connectivity index (χ0n) is 10.7. The van der Waals surface area contributed by atoms with Crippen molar-refractivity contribution in [2.75, 3.05) is 11.9 Å². The van der Waals surface area contributed by atoms with Crippen molar-refractivity contribution in [2.45, 2.75) is 31.6 Å². The lowest BCUT2D eigenvalue weighted by Gasteiger charge is -2.42. The Morgan fingerprint density at radius 2 is 1.88 bits per heavy atom. The summed E-state index contributed by atoms with van der Waals surface area (Å²) in [5.41, 5.74) is 1.94. The first kappa shape index (κ1) is 12.5. The molecule has 0 saturated carbocycles. The first-order chi connectivity index (χ1) is 7.82. The summed E-state index contributed by atoms with van der Waals surface area (Å²) in [6.07, 6.45) is 3.90. The van der Waals surface area contributed by atoms with Gasteiger partial charge in [0.05, 0.1) is 5.60 Å². The summed E-state index contributed by atoms with van der Waals surface area (Å²) < 4.78 is 5.94. The summed E-state index contributed by atoms with van der Waals surface area (Å²) >= 11 is 6.55. The van der Waals surface area contributed by atoms with Crippen LogP contribution in [-0.2, 0) is 4.74 Å². The van der Waals surface area contributed by atoms with E-state index >= 15 is 0 Å². The van der Waals surface area contributed by atoms with E-state index in [0.717, 1.165) is 11.3 Å². The minimum Gasteiger partial charge on any atom is -0.333 e. The van der Waals surface area contributed by atoms with Gasteiger partial charge in [0, 0.05) is 12.7 Å². The van der Waals surface area contributed by atoms with E-state index in [1.165, 1.54) is 0 Å². The third-order valence-electron chi connectivity index (χ3n) is 2.67. The van der Waals surface area contributed by atoms with Crippen molar-refractivity contribution in [3.63, 3.8) is 0 Å². The summed E-state index contributed by atoms with van der Waals surface area (Å²) in [5.74, 6) is 0. The first-order valence-corrected chi connectivity index (χ1v) is 6.11. The zero-order chi connectivity index (χ0) is 12.7. The molecule has 0 saturated heterocycles. The van der Waals surface area contributed by atoms with Crippen LogP contribution >= 0.6 is 11.6 Å². The molecule has 92 valence electrons. The Morgan fingerprint density at radius 3 is 2.53 bits per heavy atom. The normalized spacial score (nSPS) is 23.7. The molecule has 3 heteroatoms. The molecule has 1 unspecified atom stereocenters. The molecule has 2 rings (SSSR count). The third kappa shape index (κ3) is 2.48. The van der Waals surface area contributed by atoms with Crippen molar-refractivity contribution in [1.82, 2.24) is 0 Å². The lowest BCUT2D eigenvalue weighted by Crippen LogP contribution is -2.48. The van der Waals surface area contributed by atoms with Crippen LogP contribution in [0.25, 0.3) is 6.08 Å². The maximum absolute atomic E-state index is 6.55. The summed E-state index contributed by atoms with van der Waals surface area (Å²) in [6, 6.07) is 8.13. The quantitative estimate of drug-likeness (QED) is 0.555. The maximum Gasteiger partial charge on any atom is 0.240 e. The van der Waals surface area contributed by atoms with Gasteiger partial charge in [0.1, 0.15) is 0 Å². The van der Waals surface area contributed by atoms with Gasteiger partial charge in [-0.05, 0) is 38.5 Å². The van der Waals surface area contributed by atoms with E-state index in [1.54, 1.807) is 0 Å². The lowest BCUT2D eigenvalue weighted by molar-refractivity contribution is -0.0599. The molecule has 1 aromatic rings. The fraction of sp³-hybridized carbons (Fsp3) is 0.429. The SMILES string of the molecule is CN1c2ccccc2C=CC1(Cl)OC(C)(C)C. The van der Waals surface area contributed by atoms with Crippen molar-refractivity contribution in [3.8, 4) is 0 Å². The van der Waals surface area contributed by atoms with Crippen LogP contribution in [0.15, 0.2) is 30.3 Å². The van der Waals surface area contributed by atoms with Gasteiger partial charge in [-0.1, -0.05) is 35.9 Å². The number of alkyl halides is 1. The van der Waals surface area contributed by atoms with Gasteiger partial charge in [0.2, 0.25) is 5.18 Å². The van der Waals surface area contributed by atoms with Gasteiger partial charge >= 0.3 is 0 Å². The summed E-state index contributed by atoms with van der Waals surface area (Å²) in [4.78, 5) is 1.95. The molecule has 1 atom stereocenters. The van der Waals surface area contributed by atoms with E-state index in [9.17, 15) is 0 Å². The molecule has 0 aromatic heterocycles. The van der Waals surface area contributed by atoms with Crippen LogP contribution in [0.5, 0.6) is 0 Å². The van der Waals surface area contributed by atoms with E-state index in [1.807, 2.05) is 63.1 Å². The van der Waals surface area contributed by atoms with E-state index in [2.05, 4.69) is 6.07 Å². The first-order valence-electron chi connectivity index (χ1n) is 5.73. The summed E-state index contributed by atoms with van der Waals surface area (Å²) in [6.45, 7) is 6.00. The largest absolute Gasteiger partial charge is 0.333 e. The highest BCUT2D eigenvalue weighted by molar-refractivity contribution is 6.26. The highest BCUT2D eigenvalue weighted by atomic mass is 35.5. The number of anilines is 1. The van der Waals surface area contributed by atoms with E-state index in [-0.39, 0.29) is 5.60 Å². The fourth-order valence-corrected chi connectivity index (χ4v) is 2.32. The molecule has 0 radical (unpaired) electrons. The van der Waals surface area contributed by atoms with Crippen molar-refractivity contribution < 1.29 is 4.74 Å². The molecule has 1 aliphatic heterocycles. The van der Waals surface area contributed by atoms with E-state index in [4.69, 9.17) is 16.3 Å². The number of halogens is 1. The number of ether oxygens (including phenoxy) is 1. The molecule has 2 nitrogen and oxygen atoms in total. The molecule has 1 aromatic carbocycles. The molecular formula is C14H18ClNO. The van der Waals surface area contributed by atoms with E-state index < -0.39 is 5.18 Å². The highest BCUT2D eigenvalue weighted by Gasteiger charge is 2.37. The average Bonchev–Trinajstić information content (AvgIpc) is 2.22. The van der Waals surface area contributed by atoms with Crippen LogP contribution in [0.1, 0.15) is 26.3 Å². The van der Waals surface area contributed by atoms with Gasteiger partial charge in [-0.3, -0.25) is 0 Å². The van der Waals surface area contributed by atoms with Crippen LogP contribution in [0, 0.1) is 0 Å². The molecule has 17 heavy (non-hydrogen) atoms. The maximum atomic E-state index is 6.55. The molecule has 0 N–H and O–H groups in total. The van der Waals surface area contributed by atoms with Crippen molar-refractivity contribution >= 4 is 23.4 Å². The summed E-state index contributed by atoms with van der Waals surface area (Å²) in [5, 5.41) is -0.910. The summed E-state index contributed by atoms with van der Waals surface area (Å²) in [7, 11) is 1.95. The van der Waals surface area contributed by atoms with Crippen LogP contribution in [0.3, 0.4) is 0 Å². The highest BCUT2D eigenvalue weighted by Crippen LogP contribution is 2.38. The Morgan fingerprint density at radius 1 is 1.24 bits per heavy atom. The van der Waals surface area contributed by atoms with Gasteiger partial charge in [-0.25, -0.2) is 0 Å². The predicted molar refractivity (Wildman–Crippen MR) is 73.3 cm³/mol. The minimum atomic E-state index is -0.910. The van der Waals surface area contributed by atoms with Crippen molar-refractivity contribution in [2.24, 2.45) is 0 Å². The van der Waals surface area contributed by atoms with Gasteiger partial charge in [0.25, 0.3) is 0 Å². The Labute approximate surface area is 108 Å². The Hall–Kier alpha value is -0.990. The van der Waals surface area contributed by atoms with Crippen LogP contribution < -0.4 is 4.90 Å². The average molecular weight is 252 g/mol. The molecule has 0 aliphatic carbocycles. The second-order valence-electron chi connectivity index (χ2n) is 5.27. The fourth-order valence-electron chi connectivity index (χ4n) is 1.93. The molecule has 1 heterocycles. The third-order valence-corrected chi connectivity index (χ3v) is 3.13. The molecule has 1 aliphatic rings. The van der Waals surface area contributed by atoms with Gasteiger partial charge < -0.3 is 9.64 Å². The second-order valence-corrected chi connectivity index (χ2v) is 5.82. The number of para-hydroxylation sites is 1. The zero-order valence-corrected chi connectivity index (χ0v) is 11.5. The number of fused-ring (bicyclic) bond motifs is 1. The van der Waals surface area contributed by atoms with Crippen LogP contribution in [0.4, 0.5) is 5.69 Å². The van der Waals surface area contributed by atoms with E-state index in [0.29, 0.717) is 0 Å². The topological polar surface area (TPSA) is 12.5 Å². The Bertz CT molecular complexity index is 450. The molecule has 0 amide bonds. The van der Waals surface area contributed by atoms with Crippen LogP contribution in [-0.4, -0.2) is 17.8 Å². The molecule has 0 bridgehead atoms. The van der Waals surface area contributed by atoms with Gasteiger partial charge in [0.15, 0.2) is 0 Å². The Balaban J connectivity index is 2.37. The number of rotatable bonds is 1. The lowest BCUT2D eigenvalue weighted by atomic mass is 10.1. The Kier molecular flexibility index (Phi) is 2.96. The van der Waals surface area contributed by atoms with Crippen molar-refractivity contribution in [3.05, 3.63) is 35.9 Å². The smallest absolute Gasteiger partial charge is 0.240 e. The molecular weight excluding hydrogens is 234 g/mol. The van der Waals surface area contributed by atoms with Crippen LogP contribution in [0.2, 0.25) is 0 Å². The number of nitrogens with zero attached hydrogens (tertiary/aromatic N) is 1. The minimum absolute atomic E-state index is 0.299. The number of benzene rings is 1. The monoisotopic (exact) mass is 251 g/mol. The number of hydrogen-bond donors (Lipinski definition) is 0. The molecule has 0 spiro atoms. The second kappa shape index (κ2) is 4.04. The number of hydrogen-bond acceptors (Lipinski definition) is 2.